The zero-order valence-electron chi connectivity index (χ0n) is 7.77. The van der Waals surface area contributed by atoms with Gasteiger partial charge in [0, 0.05) is 0 Å². The first kappa shape index (κ1) is 9.33. The number of amides is 1. The molecule has 0 heterocycles. The normalized spacial score (nSPS) is 10.1. The Balaban J connectivity index is 2.56. The molecule has 2 aromatic carbocycles. The largest absolute Gasteiger partial charge is 0.506 e. The summed E-state index contributed by atoms with van der Waals surface area (Å²) in [5, 5.41) is 21.9. The summed E-state index contributed by atoms with van der Waals surface area (Å²) in [6.07, 6.45) is -1.19. The fourth-order valence-electron chi connectivity index (χ4n) is 1.44. The van der Waals surface area contributed by atoms with Gasteiger partial charge in [-0.1, -0.05) is 24.3 Å². The summed E-state index contributed by atoms with van der Waals surface area (Å²) in [6, 6.07) is 10.5. The molecule has 0 atom stereocenters. The number of phenols is 1. The summed E-state index contributed by atoms with van der Waals surface area (Å²) in [7, 11) is 0. The van der Waals surface area contributed by atoms with E-state index >= 15 is 0 Å². The average Bonchev–Trinajstić information content (AvgIpc) is 2.18. The van der Waals surface area contributed by atoms with Crippen LogP contribution in [0.25, 0.3) is 10.8 Å². The van der Waals surface area contributed by atoms with Crippen molar-refractivity contribution in [1.29, 1.82) is 0 Å². The van der Waals surface area contributed by atoms with Gasteiger partial charge in [-0.2, -0.15) is 0 Å². The minimum absolute atomic E-state index is 0.0731. The van der Waals surface area contributed by atoms with Crippen molar-refractivity contribution in [3.8, 4) is 5.75 Å². The lowest BCUT2D eigenvalue weighted by molar-refractivity contribution is 0.209. The van der Waals surface area contributed by atoms with E-state index in [1.54, 1.807) is 6.07 Å². The number of fused-ring (bicyclic) bond motifs is 1. The Morgan fingerprint density at radius 3 is 2.33 bits per heavy atom. The molecule has 2 rings (SSSR count). The minimum Gasteiger partial charge on any atom is -0.506 e. The SMILES string of the molecule is O=C(O)Nc1cc2ccccc2cc1O. The predicted molar refractivity (Wildman–Crippen MR) is 57.3 cm³/mol. The molecule has 4 heteroatoms. The Morgan fingerprint density at radius 2 is 1.73 bits per heavy atom. The number of nitrogens with one attached hydrogen (secondary N) is 1. The van der Waals surface area contributed by atoms with Gasteiger partial charge in [-0.15, -0.1) is 0 Å². The molecule has 0 radical (unpaired) electrons. The Kier molecular flexibility index (Phi) is 2.17. The second-order valence-electron chi connectivity index (χ2n) is 3.15. The van der Waals surface area contributed by atoms with E-state index < -0.39 is 6.09 Å². The molecular formula is C11H9NO3. The van der Waals surface area contributed by atoms with Gasteiger partial charge in [0.05, 0.1) is 5.69 Å². The lowest BCUT2D eigenvalue weighted by Crippen LogP contribution is -2.07. The maximum absolute atomic E-state index is 10.4. The van der Waals surface area contributed by atoms with Crippen LogP contribution in [0, 0.1) is 0 Å². The van der Waals surface area contributed by atoms with E-state index in [1.807, 2.05) is 24.3 Å². The monoisotopic (exact) mass is 203 g/mol. The van der Waals surface area contributed by atoms with Crippen molar-refractivity contribution in [2.75, 3.05) is 5.32 Å². The van der Waals surface area contributed by atoms with Crippen LogP contribution < -0.4 is 5.32 Å². The summed E-state index contributed by atoms with van der Waals surface area (Å²) in [4.78, 5) is 10.4. The predicted octanol–water partition coefficient (Wildman–Crippen LogP) is 2.64. The number of benzene rings is 2. The van der Waals surface area contributed by atoms with E-state index in [4.69, 9.17) is 5.11 Å². The van der Waals surface area contributed by atoms with Crippen LogP contribution in [0.1, 0.15) is 0 Å². The second kappa shape index (κ2) is 3.49. The van der Waals surface area contributed by atoms with Crippen LogP contribution >= 0.6 is 0 Å². The van der Waals surface area contributed by atoms with Crippen LogP contribution in [0.15, 0.2) is 36.4 Å². The first-order chi connectivity index (χ1) is 7.16. The van der Waals surface area contributed by atoms with Crippen LogP contribution in [0.4, 0.5) is 10.5 Å². The summed E-state index contributed by atoms with van der Waals surface area (Å²) in [5.41, 5.74) is 0.196. The maximum atomic E-state index is 10.4. The molecule has 2 aromatic rings. The van der Waals surface area contributed by atoms with Gasteiger partial charge < -0.3 is 10.2 Å². The first-order valence-corrected chi connectivity index (χ1v) is 4.38. The molecular weight excluding hydrogens is 194 g/mol. The molecule has 76 valence electrons. The van der Waals surface area contributed by atoms with E-state index in [9.17, 15) is 9.90 Å². The van der Waals surface area contributed by atoms with Gasteiger partial charge >= 0.3 is 6.09 Å². The van der Waals surface area contributed by atoms with Crippen LogP contribution in [0.5, 0.6) is 5.75 Å². The van der Waals surface area contributed by atoms with Crippen molar-refractivity contribution in [1.82, 2.24) is 0 Å². The fraction of sp³-hybridized carbons (Fsp3) is 0. The zero-order chi connectivity index (χ0) is 10.8. The van der Waals surface area contributed by atoms with Crippen molar-refractivity contribution in [3.05, 3.63) is 36.4 Å². The van der Waals surface area contributed by atoms with Crippen molar-refractivity contribution >= 4 is 22.6 Å². The highest BCUT2D eigenvalue weighted by atomic mass is 16.4. The molecule has 3 N–H and O–H groups in total. The van der Waals surface area contributed by atoms with E-state index in [2.05, 4.69) is 5.32 Å². The molecule has 15 heavy (non-hydrogen) atoms. The van der Waals surface area contributed by atoms with E-state index in [-0.39, 0.29) is 11.4 Å². The Bertz CT molecular complexity index is 522. The number of phenolic OH excluding ortho intramolecular Hbond substituents is 1. The first-order valence-electron chi connectivity index (χ1n) is 4.38. The lowest BCUT2D eigenvalue weighted by Gasteiger charge is -2.05. The summed E-state index contributed by atoms with van der Waals surface area (Å²) in [6.45, 7) is 0. The third kappa shape index (κ3) is 1.83. The average molecular weight is 203 g/mol. The van der Waals surface area contributed by atoms with Crippen molar-refractivity contribution in [3.63, 3.8) is 0 Å². The van der Waals surface area contributed by atoms with E-state index in [0.717, 1.165) is 10.8 Å². The third-order valence-electron chi connectivity index (χ3n) is 2.11. The van der Waals surface area contributed by atoms with Gasteiger partial charge in [-0.3, -0.25) is 5.32 Å². The summed E-state index contributed by atoms with van der Waals surface area (Å²) in [5.74, 6) is -0.0731. The molecule has 0 spiro atoms. The molecule has 0 bridgehead atoms. The Morgan fingerprint density at radius 1 is 1.13 bits per heavy atom. The molecule has 0 saturated heterocycles. The van der Waals surface area contributed by atoms with Gasteiger partial charge in [0.15, 0.2) is 0 Å². The van der Waals surface area contributed by atoms with Gasteiger partial charge in [0.1, 0.15) is 5.75 Å². The number of hydrogen-bond acceptors (Lipinski definition) is 2. The molecule has 0 aromatic heterocycles. The molecule has 0 aliphatic carbocycles. The molecule has 4 nitrogen and oxygen atoms in total. The minimum atomic E-state index is -1.19. The molecule has 0 unspecified atom stereocenters. The van der Waals surface area contributed by atoms with E-state index in [1.165, 1.54) is 6.07 Å². The molecule has 1 amide bonds. The van der Waals surface area contributed by atoms with Crippen LogP contribution in [-0.4, -0.2) is 16.3 Å². The van der Waals surface area contributed by atoms with Gasteiger partial charge in [-0.25, -0.2) is 4.79 Å². The summed E-state index contributed by atoms with van der Waals surface area (Å²) >= 11 is 0. The van der Waals surface area contributed by atoms with E-state index in [0.29, 0.717) is 0 Å². The smallest absolute Gasteiger partial charge is 0.409 e. The number of carboxylic acid groups (broad SMARTS) is 1. The summed E-state index contributed by atoms with van der Waals surface area (Å²) < 4.78 is 0. The maximum Gasteiger partial charge on any atom is 0.409 e. The van der Waals surface area contributed by atoms with Crippen LogP contribution in [0.2, 0.25) is 0 Å². The van der Waals surface area contributed by atoms with Crippen molar-refractivity contribution < 1.29 is 15.0 Å². The Labute approximate surface area is 85.8 Å². The highest BCUT2D eigenvalue weighted by Crippen LogP contribution is 2.28. The third-order valence-corrected chi connectivity index (χ3v) is 2.11. The number of carbonyl (C=O) groups is 1. The highest BCUT2D eigenvalue weighted by molar-refractivity contribution is 5.93. The lowest BCUT2D eigenvalue weighted by atomic mass is 10.1. The van der Waals surface area contributed by atoms with Crippen LogP contribution in [0.3, 0.4) is 0 Å². The molecule has 0 aliphatic rings. The molecule has 0 saturated carbocycles. The number of hydrogen-bond donors (Lipinski definition) is 3. The fourth-order valence-corrected chi connectivity index (χ4v) is 1.44. The Hall–Kier alpha value is -2.23. The topological polar surface area (TPSA) is 69.6 Å². The van der Waals surface area contributed by atoms with Gasteiger partial charge in [0.25, 0.3) is 0 Å². The van der Waals surface area contributed by atoms with Crippen molar-refractivity contribution in [2.45, 2.75) is 0 Å². The highest BCUT2D eigenvalue weighted by Gasteiger charge is 2.05. The number of rotatable bonds is 1. The van der Waals surface area contributed by atoms with Gasteiger partial charge in [-0.05, 0) is 22.9 Å². The molecule has 0 aliphatic heterocycles. The molecule has 0 fully saturated rings. The number of aromatic hydroxyl groups is 1. The quantitative estimate of drug-likeness (QED) is 0.624. The standard InChI is InChI=1S/C11H9NO3/c13-10-6-8-4-2-1-3-7(8)5-9(10)12-11(14)15/h1-6,12-13H,(H,14,15). The van der Waals surface area contributed by atoms with Gasteiger partial charge in [0.2, 0.25) is 0 Å². The second-order valence-corrected chi connectivity index (χ2v) is 3.15. The number of anilines is 1. The van der Waals surface area contributed by atoms with Crippen LogP contribution in [-0.2, 0) is 0 Å². The van der Waals surface area contributed by atoms with Crippen molar-refractivity contribution in [2.24, 2.45) is 0 Å². The zero-order valence-corrected chi connectivity index (χ0v) is 7.77.